The zero-order chi connectivity index (χ0) is 13.2. The lowest BCUT2D eigenvalue weighted by atomic mass is 10.2. The number of benzene rings is 2. The van der Waals surface area contributed by atoms with Crippen molar-refractivity contribution in [1.82, 2.24) is 10.1 Å². The Morgan fingerprint density at radius 1 is 1.05 bits per heavy atom. The van der Waals surface area contributed by atoms with Crippen molar-refractivity contribution in [3.05, 3.63) is 53.6 Å². The van der Waals surface area contributed by atoms with E-state index in [0.717, 1.165) is 5.56 Å². The highest BCUT2D eigenvalue weighted by molar-refractivity contribution is 6.33. The van der Waals surface area contributed by atoms with Gasteiger partial charge in [-0.3, -0.25) is 0 Å². The molecule has 0 saturated heterocycles. The molecule has 0 atom stereocenters. The van der Waals surface area contributed by atoms with Crippen molar-refractivity contribution in [3.63, 3.8) is 0 Å². The third kappa shape index (κ3) is 2.30. The molecular weight excluding hydrogens is 264 g/mol. The largest absolute Gasteiger partial charge is 0.508 e. The molecule has 0 radical (unpaired) electrons. The van der Waals surface area contributed by atoms with E-state index in [2.05, 4.69) is 10.1 Å². The summed E-state index contributed by atoms with van der Waals surface area (Å²) in [5, 5.41) is 13.8. The molecule has 2 aromatic carbocycles. The van der Waals surface area contributed by atoms with Gasteiger partial charge in [0.25, 0.3) is 5.89 Å². The van der Waals surface area contributed by atoms with Gasteiger partial charge < -0.3 is 9.63 Å². The number of rotatable bonds is 2. The van der Waals surface area contributed by atoms with Crippen LogP contribution in [0.2, 0.25) is 5.02 Å². The van der Waals surface area contributed by atoms with Crippen LogP contribution in [0.3, 0.4) is 0 Å². The van der Waals surface area contributed by atoms with Crippen molar-refractivity contribution in [2.75, 3.05) is 0 Å². The highest BCUT2D eigenvalue weighted by Gasteiger charge is 2.13. The minimum Gasteiger partial charge on any atom is -0.508 e. The maximum absolute atomic E-state index is 9.47. The van der Waals surface area contributed by atoms with Crippen molar-refractivity contribution in [1.29, 1.82) is 0 Å². The van der Waals surface area contributed by atoms with Gasteiger partial charge in [-0.25, -0.2) is 0 Å². The van der Waals surface area contributed by atoms with Gasteiger partial charge in [0, 0.05) is 5.56 Å². The Morgan fingerprint density at radius 2 is 1.84 bits per heavy atom. The molecule has 0 unspecified atom stereocenters. The van der Waals surface area contributed by atoms with Crippen LogP contribution in [0, 0.1) is 0 Å². The number of phenols is 1. The monoisotopic (exact) mass is 272 g/mol. The zero-order valence-electron chi connectivity index (χ0n) is 9.75. The van der Waals surface area contributed by atoms with Crippen LogP contribution in [0.25, 0.3) is 22.8 Å². The highest BCUT2D eigenvalue weighted by atomic mass is 35.5. The van der Waals surface area contributed by atoms with Gasteiger partial charge in [0.05, 0.1) is 10.6 Å². The van der Waals surface area contributed by atoms with E-state index in [1.54, 1.807) is 6.07 Å². The number of halogens is 1. The average Bonchev–Trinajstić information content (AvgIpc) is 2.92. The minimum atomic E-state index is 0.0962. The van der Waals surface area contributed by atoms with Gasteiger partial charge >= 0.3 is 0 Å². The predicted molar refractivity (Wildman–Crippen MR) is 71.8 cm³/mol. The van der Waals surface area contributed by atoms with E-state index >= 15 is 0 Å². The van der Waals surface area contributed by atoms with E-state index in [-0.39, 0.29) is 11.6 Å². The van der Waals surface area contributed by atoms with Crippen molar-refractivity contribution in [2.24, 2.45) is 0 Å². The SMILES string of the molecule is Oc1ccc(Cl)c(-c2nc(-c3ccccc3)no2)c1. The lowest BCUT2D eigenvalue weighted by Gasteiger charge is -1.98. The molecule has 19 heavy (non-hydrogen) atoms. The molecule has 0 fully saturated rings. The lowest BCUT2D eigenvalue weighted by Crippen LogP contribution is -1.81. The molecule has 0 bridgehead atoms. The number of hydrogen-bond donors (Lipinski definition) is 1. The number of aromatic nitrogens is 2. The highest BCUT2D eigenvalue weighted by Crippen LogP contribution is 2.31. The maximum Gasteiger partial charge on any atom is 0.259 e. The molecule has 1 N–H and O–H groups in total. The van der Waals surface area contributed by atoms with Crippen LogP contribution >= 0.6 is 11.6 Å². The molecule has 94 valence electrons. The molecule has 1 aromatic heterocycles. The summed E-state index contributed by atoms with van der Waals surface area (Å²) in [6.45, 7) is 0. The quantitative estimate of drug-likeness (QED) is 0.771. The van der Waals surface area contributed by atoms with E-state index in [1.807, 2.05) is 30.3 Å². The Hall–Kier alpha value is -2.33. The Morgan fingerprint density at radius 3 is 2.63 bits per heavy atom. The smallest absolute Gasteiger partial charge is 0.259 e. The Balaban J connectivity index is 2.04. The summed E-state index contributed by atoms with van der Waals surface area (Å²) in [5.41, 5.74) is 1.37. The van der Waals surface area contributed by atoms with Gasteiger partial charge in [0.15, 0.2) is 0 Å². The first-order valence-electron chi connectivity index (χ1n) is 5.62. The summed E-state index contributed by atoms with van der Waals surface area (Å²) in [4.78, 5) is 4.28. The van der Waals surface area contributed by atoms with Crippen LogP contribution in [0.4, 0.5) is 0 Å². The number of phenolic OH excluding ortho intramolecular Hbond substituents is 1. The molecule has 0 spiro atoms. The Labute approximate surface area is 114 Å². The lowest BCUT2D eigenvalue weighted by molar-refractivity contribution is 0.431. The molecule has 0 amide bonds. The first-order valence-corrected chi connectivity index (χ1v) is 6.00. The predicted octanol–water partition coefficient (Wildman–Crippen LogP) is 3.76. The molecule has 0 aliphatic rings. The van der Waals surface area contributed by atoms with Crippen LogP contribution in [0.5, 0.6) is 5.75 Å². The number of nitrogens with zero attached hydrogens (tertiary/aromatic N) is 2. The summed E-state index contributed by atoms with van der Waals surface area (Å²) in [5.74, 6) is 0.855. The molecule has 5 heteroatoms. The van der Waals surface area contributed by atoms with Gasteiger partial charge in [-0.15, -0.1) is 0 Å². The van der Waals surface area contributed by atoms with E-state index in [9.17, 15) is 5.11 Å². The summed E-state index contributed by atoms with van der Waals surface area (Å²) >= 11 is 6.05. The second kappa shape index (κ2) is 4.74. The molecule has 1 heterocycles. The molecule has 4 nitrogen and oxygen atoms in total. The average molecular weight is 273 g/mol. The van der Waals surface area contributed by atoms with Crippen LogP contribution in [0.1, 0.15) is 0 Å². The minimum absolute atomic E-state index is 0.0962. The van der Waals surface area contributed by atoms with Gasteiger partial charge in [0.2, 0.25) is 5.82 Å². The number of aromatic hydroxyl groups is 1. The second-order valence-corrected chi connectivity index (χ2v) is 4.36. The van der Waals surface area contributed by atoms with Crippen LogP contribution in [-0.4, -0.2) is 15.2 Å². The summed E-state index contributed by atoms with van der Waals surface area (Å²) in [7, 11) is 0. The maximum atomic E-state index is 9.47. The normalized spacial score (nSPS) is 10.6. The fourth-order valence-corrected chi connectivity index (χ4v) is 1.91. The molecule has 0 aliphatic heterocycles. The van der Waals surface area contributed by atoms with E-state index in [0.29, 0.717) is 16.4 Å². The molecule has 3 aromatic rings. The topological polar surface area (TPSA) is 59.2 Å². The Kier molecular flexibility index (Phi) is 2.93. The fraction of sp³-hybridized carbons (Fsp3) is 0. The second-order valence-electron chi connectivity index (χ2n) is 3.95. The van der Waals surface area contributed by atoms with Gasteiger partial charge in [-0.2, -0.15) is 4.98 Å². The number of hydrogen-bond acceptors (Lipinski definition) is 4. The standard InChI is InChI=1S/C14H9ClN2O2/c15-12-7-6-10(18)8-11(12)14-16-13(17-19-14)9-4-2-1-3-5-9/h1-8,18H. The van der Waals surface area contributed by atoms with Crippen molar-refractivity contribution < 1.29 is 9.63 Å². The fourth-order valence-electron chi connectivity index (χ4n) is 1.71. The summed E-state index contributed by atoms with van der Waals surface area (Å²) < 4.78 is 5.18. The van der Waals surface area contributed by atoms with E-state index in [4.69, 9.17) is 16.1 Å². The molecule has 0 aliphatic carbocycles. The zero-order valence-corrected chi connectivity index (χ0v) is 10.5. The summed E-state index contributed by atoms with van der Waals surface area (Å²) in [6, 6.07) is 14.1. The van der Waals surface area contributed by atoms with E-state index in [1.165, 1.54) is 12.1 Å². The van der Waals surface area contributed by atoms with E-state index < -0.39 is 0 Å². The first-order chi connectivity index (χ1) is 9.24. The first kappa shape index (κ1) is 11.7. The van der Waals surface area contributed by atoms with Crippen LogP contribution in [0.15, 0.2) is 53.1 Å². The third-order valence-corrected chi connectivity index (χ3v) is 2.97. The molecule has 0 saturated carbocycles. The summed E-state index contributed by atoms with van der Waals surface area (Å²) in [6.07, 6.45) is 0. The molecular formula is C14H9ClN2O2. The van der Waals surface area contributed by atoms with Gasteiger partial charge in [-0.1, -0.05) is 47.1 Å². The molecule has 3 rings (SSSR count). The van der Waals surface area contributed by atoms with Gasteiger partial charge in [0.1, 0.15) is 5.75 Å². The van der Waals surface area contributed by atoms with Crippen molar-refractivity contribution in [2.45, 2.75) is 0 Å². The van der Waals surface area contributed by atoms with Crippen molar-refractivity contribution in [3.8, 4) is 28.6 Å². The third-order valence-electron chi connectivity index (χ3n) is 2.64. The Bertz CT molecular complexity index is 710. The van der Waals surface area contributed by atoms with Crippen LogP contribution in [-0.2, 0) is 0 Å². The van der Waals surface area contributed by atoms with Crippen LogP contribution < -0.4 is 0 Å². The van der Waals surface area contributed by atoms with Crippen molar-refractivity contribution >= 4 is 11.6 Å². The van der Waals surface area contributed by atoms with Gasteiger partial charge in [-0.05, 0) is 18.2 Å².